The first-order chi connectivity index (χ1) is 8.81. The van der Waals surface area contributed by atoms with E-state index in [4.69, 9.17) is 0 Å². The molecule has 3 aliphatic carbocycles. The van der Waals surface area contributed by atoms with Crippen LogP contribution < -0.4 is 0 Å². The molecule has 0 spiro atoms. The number of rotatable bonds is 1. The van der Waals surface area contributed by atoms with Gasteiger partial charge in [-0.1, -0.05) is 19.3 Å². The normalized spacial score (nSPS) is 46.4. The van der Waals surface area contributed by atoms with Gasteiger partial charge in [0, 0.05) is 19.0 Å². The Kier molecular flexibility index (Phi) is 2.67. The predicted molar refractivity (Wildman–Crippen MR) is 71.0 cm³/mol. The van der Waals surface area contributed by atoms with E-state index in [0.29, 0.717) is 11.8 Å². The molecular weight excluding hydrogens is 222 g/mol. The van der Waals surface area contributed by atoms with Crippen LogP contribution in [0.3, 0.4) is 0 Å². The molecule has 0 radical (unpaired) electrons. The predicted octanol–water partition coefficient (Wildman–Crippen LogP) is 3.07. The van der Waals surface area contributed by atoms with Crippen molar-refractivity contribution >= 4 is 5.91 Å². The quantitative estimate of drug-likeness (QED) is 0.697. The molecule has 0 aromatic rings. The molecule has 1 amide bonds. The number of nitrogens with zero attached hydrogens (tertiary/aromatic N) is 1. The lowest BCUT2D eigenvalue weighted by Crippen LogP contribution is -2.46. The van der Waals surface area contributed by atoms with Crippen LogP contribution in [0, 0.1) is 29.6 Å². The zero-order valence-corrected chi connectivity index (χ0v) is 11.3. The highest BCUT2D eigenvalue weighted by atomic mass is 16.2. The summed E-state index contributed by atoms with van der Waals surface area (Å²) in [7, 11) is 0. The number of hydrogen-bond donors (Lipinski definition) is 0. The highest BCUT2D eigenvalue weighted by Crippen LogP contribution is 2.54. The zero-order valence-electron chi connectivity index (χ0n) is 11.3. The van der Waals surface area contributed by atoms with E-state index in [-0.39, 0.29) is 0 Å². The molecule has 18 heavy (non-hydrogen) atoms. The van der Waals surface area contributed by atoms with Crippen molar-refractivity contribution in [2.24, 2.45) is 29.6 Å². The zero-order chi connectivity index (χ0) is 12.1. The Labute approximate surface area is 110 Å². The largest absolute Gasteiger partial charge is 0.342 e. The summed E-state index contributed by atoms with van der Waals surface area (Å²) in [4.78, 5) is 14.8. The third-order valence-electron chi connectivity index (χ3n) is 6.20. The van der Waals surface area contributed by atoms with E-state index >= 15 is 0 Å². The summed E-state index contributed by atoms with van der Waals surface area (Å²) >= 11 is 0. The highest BCUT2D eigenvalue weighted by molar-refractivity contribution is 5.79. The summed E-state index contributed by atoms with van der Waals surface area (Å²) in [6, 6.07) is 0. The van der Waals surface area contributed by atoms with Crippen molar-refractivity contribution < 1.29 is 4.79 Å². The molecule has 4 rings (SSSR count). The number of likely N-dealkylation sites (tertiary alicyclic amines) is 1. The van der Waals surface area contributed by atoms with E-state index in [1.54, 1.807) is 0 Å². The number of piperidine rings is 1. The molecule has 4 aliphatic rings. The van der Waals surface area contributed by atoms with E-state index in [1.165, 1.54) is 51.4 Å². The van der Waals surface area contributed by atoms with Crippen molar-refractivity contribution in [3.63, 3.8) is 0 Å². The second-order valence-corrected chi connectivity index (χ2v) is 7.30. The maximum atomic E-state index is 12.6. The van der Waals surface area contributed by atoms with Crippen LogP contribution in [-0.4, -0.2) is 23.9 Å². The van der Waals surface area contributed by atoms with Crippen LogP contribution in [-0.2, 0) is 4.79 Å². The Balaban J connectivity index is 1.38. The molecule has 1 saturated heterocycles. The Bertz CT molecular complexity index is 343. The molecule has 0 bridgehead atoms. The van der Waals surface area contributed by atoms with E-state index in [1.807, 2.05) is 0 Å². The molecule has 1 heterocycles. The number of carbonyl (C=O) groups is 1. The van der Waals surface area contributed by atoms with Crippen molar-refractivity contribution in [1.82, 2.24) is 4.90 Å². The first kappa shape index (κ1) is 11.3. The first-order valence-corrected chi connectivity index (χ1v) is 8.10. The molecule has 2 heteroatoms. The average Bonchev–Trinajstić information content (AvgIpc) is 3.04. The summed E-state index contributed by atoms with van der Waals surface area (Å²) in [5.41, 5.74) is 0. The maximum Gasteiger partial charge on any atom is 0.225 e. The number of amides is 1. The SMILES string of the molecule is O=C(C1CC2CC2C1)N1CCC2CCCCC2C1. The van der Waals surface area contributed by atoms with Crippen LogP contribution >= 0.6 is 0 Å². The summed E-state index contributed by atoms with van der Waals surface area (Å²) in [6.07, 6.45) is 10.8. The molecule has 3 saturated carbocycles. The lowest BCUT2D eigenvalue weighted by molar-refractivity contribution is -0.138. The fourth-order valence-electron chi connectivity index (χ4n) is 4.98. The average molecular weight is 247 g/mol. The number of hydrogen-bond acceptors (Lipinski definition) is 1. The number of fused-ring (bicyclic) bond motifs is 2. The van der Waals surface area contributed by atoms with Crippen LogP contribution in [0.25, 0.3) is 0 Å². The number of carbonyl (C=O) groups excluding carboxylic acids is 1. The molecule has 0 aromatic carbocycles. The Morgan fingerprint density at radius 1 is 0.833 bits per heavy atom. The molecule has 0 aromatic heterocycles. The van der Waals surface area contributed by atoms with E-state index in [0.717, 1.165) is 36.8 Å². The Hall–Kier alpha value is -0.530. The fraction of sp³-hybridized carbons (Fsp3) is 0.938. The lowest BCUT2D eigenvalue weighted by Gasteiger charge is -2.42. The minimum Gasteiger partial charge on any atom is -0.342 e. The topological polar surface area (TPSA) is 20.3 Å². The Morgan fingerprint density at radius 2 is 1.56 bits per heavy atom. The summed E-state index contributed by atoms with van der Waals surface area (Å²) in [5.74, 6) is 4.59. The van der Waals surface area contributed by atoms with Crippen LogP contribution in [0.1, 0.15) is 51.4 Å². The van der Waals surface area contributed by atoms with Crippen LogP contribution in [0.15, 0.2) is 0 Å². The van der Waals surface area contributed by atoms with Gasteiger partial charge < -0.3 is 4.90 Å². The van der Waals surface area contributed by atoms with Gasteiger partial charge in [-0.25, -0.2) is 0 Å². The van der Waals surface area contributed by atoms with Gasteiger partial charge in [-0.3, -0.25) is 4.79 Å². The third kappa shape index (κ3) is 1.88. The summed E-state index contributed by atoms with van der Waals surface area (Å²) < 4.78 is 0. The molecule has 4 unspecified atom stereocenters. The van der Waals surface area contributed by atoms with Crippen molar-refractivity contribution in [1.29, 1.82) is 0 Å². The molecule has 4 fully saturated rings. The Morgan fingerprint density at radius 3 is 2.33 bits per heavy atom. The van der Waals surface area contributed by atoms with E-state index in [9.17, 15) is 4.79 Å². The van der Waals surface area contributed by atoms with Crippen LogP contribution in [0.2, 0.25) is 0 Å². The summed E-state index contributed by atoms with van der Waals surface area (Å²) in [6.45, 7) is 2.15. The van der Waals surface area contributed by atoms with Gasteiger partial charge in [0.2, 0.25) is 5.91 Å². The first-order valence-electron chi connectivity index (χ1n) is 8.10. The maximum absolute atomic E-state index is 12.6. The second-order valence-electron chi connectivity index (χ2n) is 7.30. The van der Waals surface area contributed by atoms with E-state index < -0.39 is 0 Å². The van der Waals surface area contributed by atoms with Gasteiger partial charge in [-0.05, 0) is 55.8 Å². The second kappa shape index (κ2) is 4.25. The van der Waals surface area contributed by atoms with Crippen molar-refractivity contribution in [2.75, 3.05) is 13.1 Å². The van der Waals surface area contributed by atoms with Gasteiger partial charge in [0.1, 0.15) is 0 Å². The molecule has 4 atom stereocenters. The van der Waals surface area contributed by atoms with Crippen LogP contribution in [0.4, 0.5) is 0 Å². The van der Waals surface area contributed by atoms with Gasteiger partial charge in [-0.2, -0.15) is 0 Å². The minimum absolute atomic E-state index is 0.411. The molecule has 1 aliphatic heterocycles. The fourth-order valence-corrected chi connectivity index (χ4v) is 4.98. The van der Waals surface area contributed by atoms with Crippen molar-refractivity contribution in [2.45, 2.75) is 51.4 Å². The van der Waals surface area contributed by atoms with Crippen molar-refractivity contribution in [3.05, 3.63) is 0 Å². The lowest BCUT2D eigenvalue weighted by atomic mass is 9.75. The van der Waals surface area contributed by atoms with Gasteiger partial charge in [0.15, 0.2) is 0 Å². The third-order valence-corrected chi connectivity index (χ3v) is 6.20. The van der Waals surface area contributed by atoms with Crippen molar-refractivity contribution in [3.8, 4) is 0 Å². The molecule has 100 valence electrons. The van der Waals surface area contributed by atoms with Gasteiger partial charge in [0.05, 0.1) is 0 Å². The smallest absolute Gasteiger partial charge is 0.225 e. The van der Waals surface area contributed by atoms with Crippen LogP contribution in [0.5, 0.6) is 0 Å². The molecule has 0 N–H and O–H groups in total. The molecule has 2 nitrogen and oxygen atoms in total. The minimum atomic E-state index is 0.411. The van der Waals surface area contributed by atoms with Gasteiger partial charge in [0.25, 0.3) is 0 Å². The van der Waals surface area contributed by atoms with Gasteiger partial charge >= 0.3 is 0 Å². The van der Waals surface area contributed by atoms with Gasteiger partial charge in [-0.15, -0.1) is 0 Å². The summed E-state index contributed by atoms with van der Waals surface area (Å²) in [5, 5.41) is 0. The monoisotopic (exact) mass is 247 g/mol. The standard InChI is InChI=1S/C16H25NO/c18-16(15-8-13-7-14(13)9-15)17-6-5-11-3-1-2-4-12(11)10-17/h11-15H,1-10H2. The molecular formula is C16H25NO. The highest BCUT2D eigenvalue weighted by Gasteiger charge is 2.49. The van der Waals surface area contributed by atoms with E-state index in [2.05, 4.69) is 4.90 Å².